The summed E-state index contributed by atoms with van der Waals surface area (Å²) in [5.41, 5.74) is -1.34. The zero-order valence-electron chi connectivity index (χ0n) is 24.4. The molecule has 1 N–H and O–H groups in total. The molecule has 0 saturated carbocycles. The van der Waals surface area contributed by atoms with E-state index in [-0.39, 0.29) is 38.1 Å². The van der Waals surface area contributed by atoms with Crippen LogP contribution in [0.2, 0.25) is 0 Å². The molecule has 2 amide bonds. The number of fused-ring (bicyclic) bond motifs is 1. The summed E-state index contributed by atoms with van der Waals surface area (Å²) >= 11 is 0. The minimum atomic E-state index is -1.14. The number of carbonyl (C=O) groups is 3. The van der Waals surface area contributed by atoms with Crippen molar-refractivity contribution >= 4 is 23.5 Å². The van der Waals surface area contributed by atoms with Gasteiger partial charge in [-0.15, -0.1) is 13.2 Å². The number of carbonyl (C=O) groups excluding carboxylic acids is 3. The van der Waals surface area contributed by atoms with Gasteiger partial charge in [0.05, 0.1) is 25.2 Å². The quantitative estimate of drug-likeness (QED) is 0.182. The Bertz CT molecular complexity index is 1120. The Kier molecular flexibility index (Phi) is 9.92. The van der Waals surface area contributed by atoms with E-state index in [2.05, 4.69) is 13.2 Å². The molecule has 41 heavy (non-hydrogen) atoms. The number of methoxy groups -OCH3 is 1. The molecule has 3 aliphatic heterocycles. The van der Waals surface area contributed by atoms with Crippen LogP contribution in [0.1, 0.15) is 58.3 Å². The minimum Gasteiger partial charge on any atom is -0.497 e. The van der Waals surface area contributed by atoms with E-state index in [0.29, 0.717) is 50.0 Å². The summed E-state index contributed by atoms with van der Waals surface area (Å²) < 4.78 is 17.8. The molecule has 3 heterocycles. The number of esters is 1. The number of amides is 2. The van der Waals surface area contributed by atoms with E-state index in [1.165, 1.54) is 0 Å². The normalized spacial score (nSPS) is 27.9. The second-order valence-electron chi connectivity index (χ2n) is 11.2. The van der Waals surface area contributed by atoms with Crippen molar-refractivity contribution in [3.63, 3.8) is 0 Å². The minimum absolute atomic E-state index is 0.0140. The zero-order valence-corrected chi connectivity index (χ0v) is 24.4. The largest absolute Gasteiger partial charge is 0.497 e. The van der Waals surface area contributed by atoms with Crippen LogP contribution in [-0.2, 0) is 23.9 Å². The summed E-state index contributed by atoms with van der Waals surface area (Å²) in [6.45, 7) is 10.3. The van der Waals surface area contributed by atoms with E-state index >= 15 is 0 Å². The zero-order chi connectivity index (χ0) is 29.6. The molecule has 1 aromatic rings. The van der Waals surface area contributed by atoms with Crippen molar-refractivity contribution in [3.8, 4) is 5.75 Å². The highest BCUT2D eigenvalue weighted by molar-refractivity contribution is 6.04. The smallest absolute Gasteiger partial charge is 0.312 e. The van der Waals surface area contributed by atoms with Crippen LogP contribution in [0, 0.1) is 11.8 Å². The first-order valence-electron chi connectivity index (χ1n) is 14.8. The first kappa shape index (κ1) is 30.8. The van der Waals surface area contributed by atoms with E-state index in [4.69, 9.17) is 14.2 Å². The molecule has 1 spiro atoms. The van der Waals surface area contributed by atoms with Crippen molar-refractivity contribution in [2.24, 2.45) is 11.8 Å². The fourth-order valence-electron chi connectivity index (χ4n) is 7.01. The molecule has 3 aliphatic rings. The van der Waals surface area contributed by atoms with Crippen molar-refractivity contribution in [1.29, 1.82) is 0 Å². The second-order valence-corrected chi connectivity index (χ2v) is 11.2. The summed E-state index contributed by atoms with van der Waals surface area (Å²) in [6, 6.07) is 6.25. The van der Waals surface area contributed by atoms with E-state index in [1.807, 2.05) is 13.0 Å². The molecule has 2 bridgehead atoms. The highest BCUT2D eigenvalue weighted by Crippen LogP contribution is 2.64. The highest BCUT2D eigenvalue weighted by atomic mass is 16.6. The van der Waals surface area contributed by atoms with E-state index in [1.54, 1.807) is 47.3 Å². The van der Waals surface area contributed by atoms with Crippen LogP contribution in [-0.4, -0.2) is 78.4 Å². The van der Waals surface area contributed by atoms with Gasteiger partial charge in [-0.3, -0.25) is 14.4 Å². The number of likely N-dealkylation sites (tertiary alicyclic amines) is 1. The van der Waals surface area contributed by atoms with Gasteiger partial charge in [0, 0.05) is 25.4 Å². The maximum atomic E-state index is 14.5. The Morgan fingerprint density at radius 2 is 1.90 bits per heavy atom. The highest BCUT2D eigenvalue weighted by Gasteiger charge is 2.79. The van der Waals surface area contributed by atoms with Crippen molar-refractivity contribution in [1.82, 2.24) is 4.90 Å². The van der Waals surface area contributed by atoms with Gasteiger partial charge in [0.15, 0.2) is 0 Å². The van der Waals surface area contributed by atoms with Crippen LogP contribution in [0.5, 0.6) is 5.75 Å². The van der Waals surface area contributed by atoms with Gasteiger partial charge >= 0.3 is 5.97 Å². The van der Waals surface area contributed by atoms with Gasteiger partial charge in [-0.2, -0.15) is 0 Å². The lowest BCUT2D eigenvalue weighted by atomic mass is 9.65. The molecule has 3 saturated heterocycles. The van der Waals surface area contributed by atoms with Gasteiger partial charge in [-0.1, -0.05) is 19.1 Å². The predicted octanol–water partition coefficient (Wildman–Crippen LogP) is 4.04. The van der Waals surface area contributed by atoms with Gasteiger partial charge in [0.1, 0.15) is 23.3 Å². The third-order valence-corrected chi connectivity index (χ3v) is 8.98. The topological polar surface area (TPSA) is 106 Å². The molecule has 224 valence electrons. The number of hydrogen-bond acceptors (Lipinski definition) is 7. The van der Waals surface area contributed by atoms with Crippen LogP contribution < -0.4 is 9.64 Å². The molecule has 9 heteroatoms. The molecule has 3 fully saturated rings. The molecule has 1 aromatic carbocycles. The molecular weight excluding hydrogens is 524 g/mol. The molecular formula is C32H44N2O7. The maximum Gasteiger partial charge on any atom is 0.312 e. The molecule has 2 unspecified atom stereocenters. The number of rotatable bonds is 16. The summed E-state index contributed by atoms with van der Waals surface area (Å²) in [6.07, 6.45) is 8.52. The van der Waals surface area contributed by atoms with Crippen LogP contribution >= 0.6 is 0 Å². The average molecular weight is 569 g/mol. The second kappa shape index (κ2) is 13.2. The molecule has 0 aromatic heterocycles. The van der Waals surface area contributed by atoms with Crippen LogP contribution in [0.25, 0.3) is 0 Å². The van der Waals surface area contributed by atoms with Crippen molar-refractivity contribution in [3.05, 3.63) is 49.6 Å². The lowest BCUT2D eigenvalue weighted by Gasteiger charge is -2.37. The summed E-state index contributed by atoms with van der Waals surface area (Å²) in [5.74, 6) is -1.87. The summed E-state index contributed by atoms with van der Waals surface area (Å²) in [5, 5.41) is 9.42. The third kappa shape index (κ3) is 5.54. The summed E-state index contributed by atoms with van der Waals surface area (Å²) in [7, 11) is 1.58. The summed E-state index contributed by atoms with van der Waals surface area (Å²) in [4.78, 5) is 45.6. The van der Waals surface area contributed by atoms with Crippen molar-refractivity contribution in [2.75, 3.05) is 38.3 Å². The number of unbranched alkanes of at least 4 members (excludes halogenated alkanes) is 3. The van der Waals surface area contributed by atoms with Gasteiger partial charge in [-0.25, -0.2) is 0 Å². The Hall–Kier alpha value is -3.17. The van der Waals surface area contributed by atoms with Crippen molar-refractivity contribution < 1.29 is 33.7 Å². The Morgan fingerprint density at radius 1 is 1.15 bits per heavy atom. The lowest BCUT2D eigenvalue weighted by molar-refractivity contribution is -0.161. The van der Waals surface area contributed by atoms with Crippen LogP contribution in [0.3, 0.4) is 0 Å². The predicted molar refractivity (Wildman–Crippen MR) is 155 cm³/mol. The average Bonchev–Trinajstić information content (AvgIpc) is 3.59. The third-order valence-electron chi connectivity index (χ3n) is 8.98. The number of aliphatic hydroxyl groups excluding tert-OH is 1. The number of anilines is 1. The van der Waals surface area contributed by atoms with E-state index < -0.39 is 35.0 Å². The molecule has 4 rings (SSSR count). The van der Waals surface area contributed by atoms with Gasteiger partial charge in [-0.05, 0) is 75.6 Å². The Labute approximate surface area is 243 Å². The molecule has 0 radical (unpaired) electrons. The van der Waals surface area contributed by atoms with E-state index in [0.717, 1.165) is 12.8 Å². The Balaban J connectivity index is 1.70. The molecule has 9 nitrogen and oxygen atoms in total. The molecule has 0 aliphatic carbocycles. The number of allylic oxidation sites excluding steroid dienone is 1. The SMILES string of the molecule is C=CCCCCOC(=O)[C@@H]1[C@H]2C(=O)N(CCCCO)C(C(=O)N(CC=C)c3ccc(OC)cc3)C23CC[C@@]1(CC)O3. The van der Waals surface area contributed by atoms with Crippen LogP contribution in [0.4, 0.5) is 5.69 Å². The van der Waals surface area contributed by atoms with Gasteiger partial charge in [0.25, 0.3) is 5.91 Å². The fourth-order valence-corrected chi connectivity index (χ4v) is 7.01. The number of benzene rings is 1. The maximum absolute atomic E-state index is 14.5. The number of nitrogens with zero attached hydrogens (tertiary/aromatic N) is 2. The lowest BCUT2D eigenvalue weighted by Crippen LogP contribution is -2.56. The Morgan fingerprint density at radius 3 is 2.54 bits per heavy atom. The number of ether oxygens (including phenoxy) is 3. The fraction of sp³-hybridized carbons (Fsp3) is 0.594. The van der Waals surface area contributed by atoms with Crippen LogP contribution in [0.15, 0.2) is 49.6 Å². The van der Waals surface area contributed by atoms with E-state index in [9.17, 15) is 19.5 Å². The standard InChI is InChI=1S/C32H44N2O7/c1-5-8-9-12-22-40-30(38)26-25-28(36)34(20-10-11-21-35)27(32(25)18-17-31(26,7-3)41-32)29(37)33(19-6-2)23-13-15-24(39-4)16-14-23/h5-6,13-16,25-27,35H,1-2,7-12,17-22H2,3-4H3/t25-,26-,27?,31+,32?/m0/s1. The van der Waals surface area contributed by atoms with Gasteiger partial charge < -0.3 is 29.1 Å². The number of hydrogen-bond donors (Lipinski definition) is 1. The van der Waals surface area contributed by atoms with Crippen molar-refractivity contribution in [2.45, 2.75) is 75.5 Å². The first-order chi connectivity index (χ1) is 19.8. The monoisotopic (exact) mass is 568 g/mol. The van der Waals surface area contributed by atoms with Gasteiger partial charge in [0.2, 0.25) is 5.91 Å². The first-order valence-corrected chi connectivity index (χ1v) is 14.8. The molecule has 5 atom stereocenters. The number of aliphatic hydroxyl groups is 1.